The number of aromatic nitrogens is 2. The van der Waals surface area contributed by atoms with Crippen molar-refractivity contribution in [3.8, 4) is 0 Å². The van der Waals surface area contributed by atoms with Gasteiger partial charge in [-0.15, -0.1) is 0 Å². The number of likely N-dealkylation sites (tertiary alicyclic amines) is 2. The molecule has 0 bridgehead atoms. The first-order chi connectivity index (χ1) is 18.8. The Morgan fingerprint density at radius 1 is 1.00 bits per heavy atom. The Labute approximate surface area is 234 Å². The fourth-order valence-electron chi connectivity index (χ4n) is 7.38. The summed E-state index contributed by atoms with van der Waals surface area (Å²) in [6.07, 6.45) is 10.9. The third kappa shape index (κ3) is 5.80. The molecule has 5 heterocycles. The topological polar surface area (TPSA) is 82.1 Å². The summed E-state index contributed by atoms with van der Waals surface area (Å²) < 4.78 is 5.58. The van der Waals surface area contributed by atoms with Crippen LogP contribution in [0, 0.1) is 13.8 Å². The molecule has 0 N–H and O–H groups in total. The van der Waals surface area contributed by atoms with Gasteiger partial charge in [-0.1, -0.05) is 19.8 Å². The van der Waals surface area contributed by atoms with Crippen LogP contribution in [0.25, 0.3) is 0 Å². The molecule has 216 valence electrons. The van der Waals surface area contributed by atoms with Gasteiger partial charge >= 0.3 is 6.03 Å². The minimum Gasteiger partial charge on any atom is -0.381 e. The lowest BCUT2D eigenvalue weighted by Gasteiger charge is -2.50. The highest BCUT2D eigenvalue weighted by molar-refractivity contribution is 5.96. The molecular formula is C30H48N6O3. The molecule has 1 atom stereocenters. The van der Waals surface area contributed by atoms with Crippen molar-refractivity contribution in [3.05, 3.63) is 23.3 Å². The van der Waals surface area contributed by atoms with Gasteiger partial charge in [0.1, 0.15) is 6.33 Å². The second-order valence-corrected chi connectivity index (χ2v) is 12.4. The molecule has 39 heavy (non-hydrogen) atoms. The van der Waals surface area contributed by atoms with Gasteiger partial charge in [0.15, 0.2) is 0 Å². The maximum atomic E-state index is 13.7. The molecule has 0 radical (unpaired) electrons. The first-order valence-electron chi connectivity index (χ1n) is 15.3. The zero-order chi connectivity index (χ0) is 27.6. The number of carbonyl (C=O) groups excluding carboxylic acids is 2. The van der Waals surface area contributed by atoms with Crippen molar-refractivity contribution in [3.63, 3.8) is 0 Å². The SMILES string of the molecule is CCCCC1CN(C2CCOCC2)C(=O)N1C1CCN(C2(C)CCN(C(=O)c3c(C)ncnc3C)CC2)CC1. The van der Waals surface area contributed by atoms with Gasteiger partial charge in [0.25, 0.3) is 5.91 Å². The van der Waals surface area contributed by atoms with Crippen molar-refractivity contribution < 1.29 is 14.3 Å². The fraction of sp³-hybridized carbons (Fsp3) is 0.800. The quantitative estimate of drug-likeness (QED) is 0.520. The average molecular weight is 541 g/mol. The lowest BCUT2D eigenvalue weighted by Crippen LogP contribution is -2.58. The van der Waals surface area contributed by atoms with Crippen LogP contribution in [-0.2, 0) is 4.74 Å². The number of unbranched alkanes of at least 4 members (excludes halogenated alkanes) is 1. The van der Waals surface area contributed by atoms with E-state index in [-0.39, 0.29) is 17.5 Å². The van der Waals surface area contributed by atoms with Gasteiger partial charge in [0.05, 0.1) is 23.0 Å². The van der Waals surface area contributed by atoms with Crippen molar-refractivity contribution in [2.75, 3.05) is 45.9 Å². The lowest BCUT2D eigenvalue weighted by atomic mass is 9.85. The molecule has 5 rings (SSSR count). The summed E-state index contributed by atoms with van der Waals surface area (Å²) in [6, 6.07) is 1.28. The van der Waals surface area contributed by atoms with E-state index < -0.39 is 0 Å². The van der Waals surface area contributed by atoms with Crippen LogP contribution in [0.1, 0.15) is 93.4 Å². The number of amides is 3. The van der Waals surface area contributed by atoms with E-state index in [9.17, 15) is 9.59 Å². The van der Waals surface area contributed by atoms with Gasteiger partial charge in [-0.05, 0) is 65.7 Å². The Morgan fingerprint density at radius 2 is 1.64 bits per heavy atom. The Balaban J connectivity index is 1.18. The lowest BCUT2D eigenvalue weighted by molar-refractivity contribution is 0.00446. The van der Waals surface area contributed by atoms with Gasteiger partial charge in [0, 0.05) is 63.6 Å². The number of ether oxygens (including phenoxy) is 1. The van der Waals surface area contributed by atoms with Crippen molar-refractivity contribution in [2.45, 2.75) is 109 Å². The zero-order valence-corrected chi connectivity index (χ0v) is 24.5. The number of hydrogen-bond donors (Lipinski definition) is 0. The highest BCUT2D eigenvalue weighted by Gasteiger charge is 2.46. The highest BCUT2D eigenvalue weighted by atomic mass is 16.5. The van der Waals surface area contributed by atoms with Crippen LogP contribution in [0.15, 0.2) is 6.33 Å². The molecule has 9 nitrogen and oxygen atoms in total. The molecule has 4 fully saturated rings. The van der Waals surface area contributed by atoms with Crippen molar-refractivity contribution in [1.82, 2.24) is 29.6 Å². The number of carbonyl (C=O) groups is 2. The predicted octanol–water partition coefficient (Wildman–Crippen LogP) is 4.03. The van der Waals surface area contributed by atoms with E-state index in [0.29, 0.717) is 23.7 Å². The molecule has 0 aliphatic carbocycles. The van der Waals surface area contributed by atoms with Crippen LogP contribution in [0.3, 0.4) is 0 Å². The first-order valence-corrected chi connectivity index (χ1v) is 15.3. The molecule has 0 saturated carbocycles. The van der Waals surface area contributed by atoms with Gasteiger partial charge in [-0.3, -0.25) is 9.69 Å². The zero-order valence-electron chi connectivity index (χ0n) is 24.5. The molecule has 1 aromatic rings. The maximum Gasteiger partial charge on any atom is 0.320 e. The van der Waals surface area contributed by atoms with E-state index in [1.54, 1.807) is 0 Å². The third-order valence-electron chi connectivity index (χ3n) is 9.98. The number of hydrogen-bond acceptors (Lipinski definition) is 6. The van der Waals surface area contributed by atoms with E-state index in [4.69, 9.17) is 4.74 Å². The number of urea groups is 1. The predicted molar refractivity (Wildman–Crippen MR) is 151 cm³/mol. The summed E-state index contributed by atoms with van der Waals surface area (Å²) in [5.41, 5.74) is 2.26. The number of rotatable bonds is 7. The minimum absolute atomic E-state index is 0.0612. The summed E-state index contributed by atoms with van der Waals surface area (Å²) in [6.45, 7) is 14.4. The molecule has 1 aromatic heterocycles. The Bertz CT molecular complexity index is 992. The Hall–Kier alpha value is -2.26. The molecule has 3 amide bonds. The van der Waals surface area contributed by atoms with E-state index in [0.717, 1.165) is 102 Å². The van der Waals surface area contributed by atoms with Crippen molar-refractivity contribution >= 4 is 11.9 Å². The summed E-state index contributed by atoms with van der Waals surface area (Å²) in [7, 11) is 0. The Kier molecular flexibility index (Phi) is 8.76. The summed E-state index contributed by atoms with van der Waals surface area (Å²) in [5.74, 6) is 0.0612. The van der Waals surface area contributed by atoms with Gasteiger partial charge in [-0.2, -0.15) is 0 Å². The second kappa shape index (κ2) is 12.1. The van der Waals surface area contributed by atoms with Crippen LogP contribution < -0.4 is 0 Å². The smallest absolute Gasteiger partial charge is 0.320 e. The van der Waals surface area contributed by atoms with E-state index in [1.165, 1.54) is 19.2 Å². The number of nitrogens with zero attached hydrogens (tertiary/aromatic N) is 6. The normalized spacial score (nSPS) is 25.5. The first kappa shape index (κ1) is 28.3. The number of piperidine rings is 2. The van der Waals surface area contributed by atoms with Crippen molar-refractivity contribution in [1.29, 1.82) is 0 Å². The summed E-state index contributed by atoms with van der Waals surface area (Å²) in [4.78, 5) is 44.6. The highest BCUT2D eigenvalue weighted by Crippen LogP contribution is 2.36. The molecule has 9 heteroatoms. The van der Waals surface area contributed by atoms with Crippen LogP contribution in [0.4, 0.5) is 4.79 Å². The number of aryl methyl sites for hydroxylation is 2. The molecule has 4 aliphatic rings. The van der Waals surface area contributed by atoms with Crippen molar-refractivity contribution in [2.24, 2.45) is 0 Å². The molecule has 1 unspecified atom stereocenters. The average Bonchev–Trinajstić information content (AvgIpc) is 3.28. The maximum absolute atomic E-state index is 13.7. The monoisotopic (exact) mass is 540 g/mol. The van der Waals surface area contributed by atoms with Gasteiger partial charge in [0.2, 0.25) is 0 Å². The molecule has 0 spiro atoms. The van der Waals surface area contributed by atoms with Crippen LogP contribution in [0.5, 0.6) is 0 Å². The minimum atomic E-state index is 0.0612. The van der Waals surface area contributed by atoms with Gasteiger partial charge < -0.3 is 19.4 Å². The van der Waals surface area contributed by atoms with Crippen LogP contribution in [0.2, 0.25) is 0 Å². The third-order valence-corrected chi connectivity index (χ3v) is 9.98. The van der Waals surface area contributed by atoms with Crippen LogP contribution >= 0.6 is 0 Å². The standard InChI is InChI=1S/C30H48N6O3/c1-5-6-7-26-20-35(24-10-18-39-19-11-24)29(38)36(26)25-8-14-34(15-9-25)30(4)12-16-33(17-13-30)28(37)27-22(2)31-21-32-23(27)3/h21,24-26H,5-20H2,1-4H3. The summed E-state index contributed by atoms with van der Waals surface area (Å²) in [5, 5.41) is 0. The van der Waals surface area contributed by atoms with E-state index >= 15 is 0 Å². The molecule has 4 aliphatic heterocycles. The molecular weight excluding hydrogens is 492 g/mol. The van der Waals surface area contributed by atoms with E-state index in [1.807, 2.05) is 18.7 Å². The largest absolute Gasteiger partial charge is 0.381 e. The summed E-state index contributed by atoms with van der Waals surface area (Å²) >= 11 is 0. The fourth-order valence-corrected chi connectivity index (χ4v) is 7.38. The van der Waals surface area contributed by atoms with Crippen LogP contribution in [-0.4, -0.2) is 111 Å². The molecule has 0 aromatic carbocycles. The second-order valence-electron chi connectivity index (χ2n) is 12.4. The Morgan fingerprint density at radius 3 is 2.26 bits per heavy atom. The molecule has 4 saturated heterocycles. The van der Waals surface area contributed by atoms with Gasteiger partial charge in [-0.25, -0.2) is 14.8 Å². The van der Waals surface area contributed by atoms with E-state index in [2.05, 4.69) is 38.5 Å².